The van der Waals surface area contributed by atoms with Crippen molar-refractivity contribution in [1.82, 2.24) is 9.47 Å². The number of rotatable bonds is 2. The lowest BCUT2D eigenvalue weighted by molar-refractivity contribution is 0.0601. The number of likely N-dealkylation sites (tertiary alicyclic amines) is 1. The number of aryl methyl sites for hydroxylation is 1. The summed E-state index contributed by atoms with van der Waals surface area (Å²) in [5.41, 5.74) is 1.57. The van der Waals surface area contributed by atoms with Crippen molar-refractivity contribution in [1.29, 1.82) is 0 Å². The van der Waals surface area contributed by atoms with Crippen molar-refractivity contribution >= 4 is 5.91 Å². The van der Waals surface area contributed by atoms with Gasteiger partial charge in [-0.05, 0) is 49.1 Å². The van der Waals surface area contributed by atoms with Crippen molar-refractivity contribution in [3.05, 3.63) is 59.7 Å². The van der Waals surface area contributed by atoms with Gasteiger partial charge in [-0.15, -0.1) is 0 Å². The number of halogens is 1. The molecule has 1 aromatic heterocycles. The molecule has 110 valence electrons. The fraction of sp³-hybridized carbons (Fsp3) is 0.353. The quantitative estimate of drug-likeness (QED) is 0.829. The van der Waals surface area contributed by atoms with Crippen LogP contribution in [0.5, 0.6) is 0 Å². The van der Waals surface area contributed by atoms with E-state index >= 15 is 0 Å². The van der Waals surface area contributed by atoms with Crippen molar-refractivity contribution in [3.8, 4) is 0 Å². The summed E-state index contributed by atoms with van der Waals surface area (Å²) in [6.07, 6.45) is 4.83. The van der Waals surface area contributed by atoms with Crippen LogP contribution in [0.25, 0.3) is 0 Å². The van der Waals surface area contributed by atoms with E-state index in [4.69, 9.17) is 0 Å². The summed E-state index contributed by atoms with van der Waals surface area (Å²) in [7, 11) is 1.87. The Morgan fingerprint density at radius 2 is 2.10 bits per heavy atom. The number of carbonyl (C=O) groups excluding carboxylic acids is 1. The number of hydrogen-bond donors (Lipinski definition) is 0. The molecule has 0 saturated carbocycles. The average Bonchev–Trinajstić information content (AvgIpc) is 2.93. The highest BCUT2D eigenvalue weighted by Crippen LogP contribution is 2.32. The van der Waals surface area contributed by atoms with Crippen molar-refractivity contribution < 1.29 is 9.18 Å². The molecule has 3 nitrogen and oxygen atoms in total. The SMILES string of the molecule is Cn1cccc1C(=O)N1CCCCC1c1cccc(F)c1. The number of piperidine rings is 1. The van der Waals surface area contributed by atoms with E-state index in [-0.39, 0.29) is 17.8 Å². The first kappa shape index (κ1) is 13.9. The third-order valence-corrected chi connectivity index (χ3v) is 4.16. The average molecular weight is 286 g/mol. The standard InChI is InChI=1S/C17H19FN2O/c1-19-10-5-9-16(19)17(21)20-11-3-2-8-15(20)13-6-4-7-14(18)12-13/h4-7,9-10,12,15H,2-3,8,11H2,1H3. The zero-order chi connectivity index (χ0) is 14.8. The molecule has 3 rings (SSSR count). The summed E-state index contributed by atoms with van der Waals surface area (Å²) in [6, 6.07) is 10.3. The molecule has 2 heterocycles. The smallest absolute Gasteiger partial charge is 0.270 e. The van der Waals surface area contributed by atoms with E-state index in [1.165, 1.54) is 6.07 Å². The molecule has 0 bridgehead atoms. The van der Waals surface area contributed by atoms with Gasteiger partial charge >= 0.3 is 0 Å². The van der Waals surface area contributed by atoms with Crippen LogP contribution in [0.2, 0.25) is 0 Å². The number of benzene rings is 1. The Morgan fingerprint density at radius 3 is 2.81 bits per heavy atom. The van der Waals surface area contributed by atoms with E-state index in [0.717, 1.165) is 31.4 Å². The van der Waals surface area contributed by atoms with Gasteiger partial charge in [0.1, 0.15) is 11.5 Å². The highest BCUT2D eigenvalue weighted by Gasteiger charge is 2.29. The van der Waals surface area contributed by atoms with E-state index in [9.17, 15) is 9.18 Å². The Kier molecular flexibility index (Phi) is 3.78. The summed E-state index contributed by atoms with van der Waals surface area (Å²) >= 11 is 0. The van der Waals surface area contributed by atoms with Gasteiger partial charge in [0, 0.05) is 19.8 Å². The molecular formula is C17H19FN2O. The van der Waals surface area contributed by atoms with Crippen LogP contribution >= 0.6 is 0 Å². The summed E-state index contributed by atoms with van der Waals surface area (Å²) < 4.78 is 15.3. The Balaban J connectivity index is 1.92. The molecule has 1 aliphatic heterocycles. The topological polar surface area (TPSA) is 25.2 Å². The molecule has 0 aliphatic carbocycles. The van der Waals surface area contributed by atoms with Gasteiger partial charge in [0.15, 0.2) is 0 Å². The van der Waals surface area contributed by atoms with Crippen LogP contribution in [0.3, 0.4) is 0 Å². The Morgan fingerprint density at radius 1 is 1.24 bits per heavy atom. The molecule has 21 heavy (non-hydrogen) atoms. The maximum Gasteiger partial charge on any atom is 0.270 e. The van der Waals surface area contributed by atoms with Crippen LogP contribution < -0.4 is 0 Å². The van der Waals surface area contributed by atoms with Gasteiger partial charge < -0.3 is 9.47 Å². The molecule has 1 fully saturated rings. The van der Waals surface area contributed by atoms with Crippen LogP contribution in [0.15, 0.2) is 42.6 Å². The van der Waals surface area contributed by atoms with Gasteiger partial charge in [0.05, 0.1) is 6.04 Å². The van der Waals surface area contributed by atoms with E-state index in [0.29, 0.717) is 5.69 Å². The molecule has 0 spiro atoms. The minimum Gasteiger partial charge on any atom is -0.347 e. The molecule has 1 amide bonds. The number of nitrogens with zero attached hydrogens (tertiary/aromatic N) is 2. The molecule has 0 N–H and O–H groups in total. The van der Waals surface area contributed by atoms with Gasteiger partial charge in [-0.25, -0.2) is 4.39 Å². The van der Waals surface area contributed by atoms with Crippen molar-refractivity contribution in [2.75, 3.05) is 6.54 Å². The lowest BCUT2D eigenvalue weighted by Gasteiger charge is -2.36. The maximum atomic E-state index is 13.5. The van der Waals surface area contributed by atoms with E-state index in [2.05, 4.69) is 0 Å². The van der Waals surface area contributed by atoms with Crippen LogP contribution in [0.1, 0.15) is 41.4 Å². The predicted octanol–water partition coefficient (Wildman–Crippen LogP) is 3.53. The molecule has 1 saturated heterocycles. The minimum atomic E-state index is -0.246. The molecule has 1 aliphatic rings. The van der Waals surface area contributed by atoms with E-state index < -0.39 is 0 Å². The molecule has 2 aromatic rings. The second-order valence-electron chi connectivity index (χ2n) is 5.57. The molecule has 1 aromatic carbocycles. The lowest BCUT2D eigenvalue weighted by Crippen LogP contribution is -2.39. The first-order chi connectivity index (χ1) is 10.2. The zero-order valence-corrected chi connectivity index (χ0v) is 12.1. The Hall–Kier alpha value is -2.10. The number of amides is 1. The van der Waals surface area contributed by atoms with Gasteiger partial charge in [0.25, 0.3) is 5.91 Å². The first-order valence-corrected chi connectivity index (χ1v) is 7.34. The minimum absolute atomic E-state index is 0.0245. The summed E-state index contributed by atoms with van der Waals surface area (Å²) in [5.74, 6) is -0.221. The summed E-state index contributed by atoms with van der Waals surface area (Å²) in [4.78, 5) is 14.6. The fourth-order valence-electron chi connectivity index (χ4n) is 3.07. The molecule has 1 unspecified atom stereocenters. The Labute approximate surface area is 124 Å². The first-order valence-electron chi connectivity index (χ1n) is 7.34. The van der Waals surface area contributed by atoms with Crippen LogP contribution in [-0.2, 0) is 7.05 Å². The zero-order valence-electron chi connectivity index (χ0n) is 12.1. The number of hydrogen-bond acceptors (Lipinski definition) is 1. The van der Waals surface area contributed by atoms with Crippen molar-refractivity contribution in [2.24, 2.45) is 7.05 Å². The molecule has 0 radical (unpaired) electrons. The van der Waals surface area contributed by atoms with Gasteiger partial charge in [-0.2, -0.15) is 0 Å². The second-order valence-corrected chi connectivity index (χ2v) is 5.57. The van der Waals surface area contributed by atoms with E-state index in [1.54, 1.807) is 12.1 Å². The molecule has 1 atom stereocenters. The number of carbonyl (C=O) groups is 1. The van der Waals surface area contributed by atoms with Crippen LogP contribution in [0, 0.1) is 5.82 Å². The lowest BCUT2D eigenvalue weighted by atomic mass is 9.95. The van der Waals surface area contributed by atoms with Gasteiger partial charge in [-0.1, -0.05) is 12.1 Å². The molecular weight excluding hydrogens is 267 g/mol. The highest BCUT2D eigenvalue weighted by molar-refractivity contribution is 5.93. The third kappa shape index (κ3) is 2.71. The maximum absolute atomic E-state index is 13.5. The predicted molar refractivity (Wildman–Crippen MR) is 79.4 cm³/mol. The van der Waals surface area contributed by atoms with Crippen molar-refractivity contribution in [3.63, 3.8) is 0 Å². The largest absolute Gasteiger partial charge is 0.347 e. The fourth-order valence-corrected chi connectivity index (χ4v) is 3.07. The normalized spacial score (nSPS) is 18.8. The monoisotopic (exact) mass is 286 g/mol. The molecule has 4 heteroatoms. The van der Waals surface area contributed by atoms with Crippen molar-refractivity contribution in [2.45, 2.75) is 25.3 Å². The van der Waals surface area contributed by atoms with E-state index in [1.807, 2.05) is 40.9 Å². The van der Waals surface area contributed by atoms with Crippen LogP contribution in [-0.4, -0.2) is 21.9 Å². The van der Waals surface area contributed by atoms with Gasteiger partial charge in [0.2, 0.25) is 0 Å². The number of aromatic nitrogens is 1. The van der Waals surface area contributed by atoms with Gasteiger partial charge in [-0.3, -0.25) is 4.79 Å². The summed E-state index contributed by atoms with van der Waals surface area (Å²) in [6.45, 7) is 0.727. The summed E-state index contributed by atoms with van der Waals surface area (Å²) in [5, 5.41) is 0. The highest BCUT2D eigenvalue weighted by atomic mass is 19.1. The van der Waals surface area contributed by atoms with Crippen LogP contribution in [0.4, 0.5) is 4.39 Å². The third-order valence-electron chi connectivity index (χ3n) is 4.16. The second kappa shape index (κ2) is 5.72. The Bertz CT molecular complexity index is 650.